The van der Waals surface area contributed by atoms with Crippen molar-refractivity contribution in [2.75, 3.05) is 40.9 Å². The lowest BCUT2D eigenvalue weighted by Crippen LogP contribution is -2.45. The first kappa shape index (κ1) is 69.7. The number of unbranched alkanes of at least 4 members (excludes halogenated alkanes) is 29. The number of aliphatic hydroxyl groups excluding tert-OH is 1. The van der Waals surface area contributed by atoms with E-state index in [1.807, 2.05) is 27.2 Å². The third-order valence-electron chi connectivity index (χ3n) is 13.1. The van der Waals surface area contributed by atoms with Crippen molar-refractivity contribution in [3.05, 3.63) is 85.1 Å². The molecule has 0 rings (SSSR count). The molecule has 1 amide bonds. The zero-order valence-corrected chi connectivity index (χ0v) is 48.5. The van der Waals surface area contributed by atoms with Crippen LogP contribution in [0.2, 0.25) is 0 Å². The summed E-state index contributed by atoms with van der Waals surface area (Å²) in [5, 5.41) is 13.9. The summed E-state index contributed by atoms with van der Waals surface area (Å²) >= 11 is 0. The van der Waals surface area contributed by atoms with E-state index in [-0.39, 0.29) is 12.5 Å². The molecule has 0 saturated carbocycles. The number of phosphoric acid groups is 1. The molecule has 0 aromatic heterocycles. The van der Waals surface area contributed by atoms with Crippen molar-refractivity contribution in [3.8, 4) is 0 Å². The predicted octanol–water partition coefficient (Wildman–Crippen LogP) is 17.8. The van der Waals surface area contributed by atoms with Gasteiger partial charge in [0.05, 0.1) is 39.9 Å². The Balaban J connectivity index is 4.21. The van der Waals surface area contributed by atoms with Crippen LogP contribution in [0.1, 0.15) is 258 Å². The number of rotatable bonds is 54. The molecule has 0 aliphatic rings. The van der Waals surface area contributed by atoms with E-state index in [9.17, 15) is 19.4 Å². The maximum absolute atomic E-state index is 13.0. The molecule has 0 aromatic carbocycles. The van der Waals surface area contributed by atoms with Gasteiger partial charge >= 0.3 is 0 Å². The quantitative estimate of drug-likeness (QED) is 0.0272. The second-order valence-corrected chi connectivity index (χ2v) is 22.7. The SMILES string of the molecule is CC/C=C\C/C=C\C/C=C\C/C=C\CCCCCCCCCCCCCCCCCCC(=O)NC(COP(=O)([O-])OCC[N+](C)(C)C)C(O)/C=C/CC/C=C/CC/C=C/CCCCCCCCCCCCC. The molecule has 0 fully saturated rings. The van der Waals surface area contributed by atoms with Gasteiger partial charge < -0.3 is 28.8 Å². The maximum atomic E-state index is 13.0. The summed E-state index contributed by atoms with van der Waals surface area (Å²) in [6.45, 7) is 4.52. The molecular weight excluding hydrogens is 912 g/mol. The van der Waals surface area contributed by atoms with E-state index in [4.69, 9.17) is 9.05 Å². The van der Waals surface area contributed by atoms with E-state index in [0.717, 1.165) is 70.6 Å². The highest BCUT2D eigenvalue weighted by atomic mass is 31.2. The van der Waals surface area contributed by atoms with Crippen LogP contribution in [0.4, 0.5) is 0 Å². The monoisotopic (exact) mass is 1030 g/mol. The van der Waals surface area contributed by atoms with Crippen LogP contribution in [0, 0.1) is 0 Å². The Labute approximate surface area is 446 Å². The molecule has 3 unspecified atom stereocenters. The van der Waals surface area contributed by atoms with Gasteiger partial charge in [0.2, 0.25) is 5.91 Å². The molecule has 0 saturated heterocycles. The number of phosphoric ester groups is 1. The number of hydrogen-bond donors (Lipinski definition) is 2. The van der Waals surface area contributed by atoms with E-state index in [2.05, 4.69) is 92.1 Å². The summed E-state index contributed by atoms with van der Waals surface area (Å²) in [6, 6.07) is -0.914. The fourth-order valence-electron chi connectivity index (χ4n) is 8.41. The van der Waals surface area contributed by atoms with Gasteiger partial charge in [-0.15, -0.1) is 0 Å². The molecule has 3 atom stereocenters. The van der Waals surface area contributed by atoms with Crippen molar-refractivity contribution in [3.63, 3.8) is 0 Å². The number of nitrogens with one attached hydrogen (secondary N) is 1. The number of amides is 1. The number of likely N-dealkylation sites (N-methyl/N-ethyl adjacent to an activating group) is 1. The maximum Gasteiger partial charge on any atom is 0.268 e. The molecular formula is C63H115N2O6P. The zero-order valence-electron chi connectivity index (χ0n) is 47.6. The van der Waals surface area contributed by atoms with E-state index in [1.165, 1.54) is 167 Å². The fraction of sp³-hybridized carbons (Fsp3) is 0.762. The first-order valence-corrected chi connectivity index (χ1v) is 31.4. The van der Waals surface area contributed by atoms with Crippen molar-refractivity contribution in [2.24, 2.45) is 0 Å². The second-order valence-electron chi connectivity index (χ2n) is 21.3. The molecule has 0 aromatic rings. The van der Waals surface area contributed by atoms with Crippen molar-refractivity contribution >= 4 is 13.7 Å². The van der Waals surface area contributed by atoms with E-state index in [1.54, 1.807) is 6.08 Å². The number of hydrogen-bond acceptors (Lipinski definition) is 6. The van der Waals surface area contributed by atoms with Gasteiger partial charge in [0.1, 0.15) is 13.2 Å². The Kier molecular flexibility index (Phi) is 51.8. The smallest absolute Gasteiger partial charge is 0.268 e. The van der Waals surface area contributed by atoms with E-state index in [0.29, 0.717) is 17.4 Å². The largest absolute Gasteiger partial charge is 0.756 e. The van der Waals surface area contributed by atoms with E-state index >= 15 is 0 Å². The van der Waals surface area contributed by atoms with Crippen LogP contribution in [-0.2, 0) is 18.4 Å². The van der Waals surface area contributed by atoms with Crippen LogP contribution in [0.3, 0.4) is 0 Å². The molecule has 0 aliphatic heterocycles. The minimum absolute atomic E-state index is 0.0113. The first-order valence-electron chi connectivity index (χ1n) is 29.9. The summed E-state index contributed by atoms with van der Waals surface area (Å²) in [7, 11) is 1.23. The topological polar surface area (TPSA) is 108 Å². The Morgan fingerprint density at radius 2 is 0.861 bits per heavy atom. The number of allylic oxidation sites excluding steroid dienone is 13. The molecule has 2 N–H and O–H groups in total. The van der Waals surface area contributed by atoms with Gasteiger partial charge in [0.15, 0.2) is 0 Å². The van der Waals surface area contributed by atoms with Gasteiger partial charge in [0.25, 0.3) is 7.82 Å². The van der Waals surface area contributed by atoms with Crippen LogP contribution in [-0.4, -0.2) is 68.5 Å². The van der Waals surface area contributed by atoms with Crippen LogP contribution >= 0.6 is 7.82 Å². The Hall–Kier alpha value is -2.32. The molecule has 0 spiro atoms. The zero-order chi connectivity index (χ0) is 52.7. The minimum atomic E-state index is -4.61. The van der Waals surface area contributed by atoms with Gasteiger partial charge in [-0.25, -0.2) is 0 Å². The number of carbonyl (C=O) groups excluding carboxylic acids is 1. The van der Waals surface area contributed by atoms with Gasteiger partial charge in [-0.05, 0) is 83.5 Å². The predicted molar refractivity (Wildman–Crippen MR) is 311 cm³/mol. The average Bonchev–Trinajstić information content (AvgIpc) is 3.34. The fourth-order valence-corrected chi connectivity index (χ4v) is 9.14. The third kappa shape index (κ3) is 55.4. The van der Waals surface area contributed by atoms with Crippen LogP contribution < -0.4 is 10.2 Å². The second kappa shape index (κ2) is 53.5. The highest BCUT2D eigenvalue weighted by Gasteiger charge is 2.23. The van der Waals surface area contributed by atoms with Crippen molar-refractivity contribution in [1.29, 1.82) is 0 Å². The third-order valence-corrected chi connectivity index (χ3v) is 14.0. The molecule has 418 valence electrons. The summed E-state index contributed by atoms with van der Waals surface area (Å²) < 4.78 is 23.3. The molecule has 0 bridgehead atoms. The number of nitrogens with zero attached hydrogens (tertiary/aromatic N) is 1. The number of quaternary nitrogens is 1. The molecule has 9 heteroatoms. The number of aliphatic hydroxyl groups is 1. The molecule has 0 aliphatic carbocycles. The first-order chi connectivity index (χ1) is 35.0. The highest BCUT2D eigenvalue weighted by molar-refractivity contribution is 7.45. The number of carbonyl (C=O) groups is 1. The van der Waals surface area contributed by atoms with Crippen LogP contribution in [0.5, 0.6) is 0 Å². The lowest BCUT2D eigenvalue weighted by atomic mass is 10.0. The highest BCUT2D eigenvalue weighted by Crippen LogP contribution is 2.38. The Morgan fingerprint density at radius 1 is 0.500 bits per heavy atom. The van der Waals surface area contributed by atoms with Gasteiger partial charge in [-0.3, -0.25) is 9.36 Å². The lowest BCUT2D eigenvalue weighted by Gasteiger charge is -2.29. The Bertz CT molecular complexity index is 1450. The van der Waals surface area contributed by atoms with Gasteiger partial charge in [-0.2, -0.15) is 0 Å². The van der Waals surface area contributed by atoms with E-state index < -0.39 is 26.6 Å². The van der Waals surface area contributed by atoms with Crippen molar-refractivity contribution in [2.45, 2.75) is 270 Å². The van der Waals surface area contributed by atoms with Crippen LogP contribution in [0.15, 0.2) is 85.1 Å². The standard InChI is InChI=1S/C63H115N2O6P/c1-6-8-10-12-14-16-18-20-22-24-26-28-29-30-31-32-33-34-35-37-39-41-43-45-47-49-51-53-55-57-63(67)64-61(60-71-72(68,69)70-59-58-65(3,4)5)62(66)56-54-52-50-48-46-44-42-40-38-36-27-25-23-21-19-17-15-13-11-9-7-2/h8,10,14,16,20,22,26,28,38,40,46,48,54,56,61-62,66H,6-7,9,11-13,15,17-19,21,23-25,27,29-37,39,41-45,47,49-53,55,57-60H2,1-5H3,(H-,64,67,68,69)/b10-8-,16-14-,22-20-,28-26-,40-38+,48-46+,56-54+. The molecule has 72 heavy (non-hydrogen) atoms. The van der Waals surface area contributed by atoms with Crippen molar-refractivity contribution < 1.29 is 32.9 Å². The molecule has 0 heterocycles. The van der Waals surface area contributed by atoms with Crippen molar-refractivity contribution in [1.82, 2.24) is 5.32 Å². The van der Waals surface area contributed by atoms with Crippen LogP contribution in [0.25, 0.3) is 0 Å². The normalized spacial score (nSPS) is 14.5. The molecule has 8 nitrogen and oxygen atoms in total. The van der Waals surface area contributed by atoms with Gasteiger partial charge in [-0.1, -0.05) is 253 Å². The minimum Gasteiger partial charge on any atom is -0.756 e. The Morgan fingerprint density at radius 3 is 1.29 bits per heavy atom. The van der Waals surface area contributed by atoms with Gasteiger partial charge in [0, 0.05) is 6.42 Å². The summed E-state index contributed by atoms with van der Waals surface area (Å²) in [4.78, 5) is 25.5. The summed E-state index contributed by atoms with van der Waals surface area (Å²) in [5.41, 5.74) is 0. The summed E-state index contributed by atoms with van der Waals surface area (Å²) in [6.07, 6.45) is 75.3. The lowest BCUT2D eigenvalue weighted by molar-refractivity contribution is -0.870. The summed E-state index contributed by atoms with van der Waals surface area (Å²) in [5.74, 6) is -0.212. The average molecular weight is 1030 g/mol. The molecule has 0 radical (unpaired) electrons.